The minimum Gasteiger partial charge on any atom is -0.481 e. The van der Waals surface area contributed by atoms with Crippen LogP contribution in [0.1, 0.15) is 36.0 Å². The second-order valence-corrected chi connectivity index (χ2v) is 5.85. The first kappa shape index (κ1) is 12.7. The third-order valence-corrected chi connectivity index (χ3v) is 4.51. The molecule has 1 aliphatic heterocycles. The molecule has 0 aromatic heterocycles. The zero-order chi connectivity index (χ0) is 13.2. The van der Waals surface area contributed by atoms with Gasteiger partial charge in [0.2, 0.25) is 0 Å². The normalized spacial score (nSPS) is 20.4. The number of piperidine rings is 1. The molecule has 0 bridgehead atoms. The topological polar surface area (TPSA) is 40.5 Å². The molecule has 102 valence electrons. The number of likely N-dealkylation sites (tertiary alicyclic amines) is 1. The van der Waals surface area contributed by atoms with Gasteiger partial charge in [0.1, 0.15) is 0 Å². The van der Waals surface area contributed by atoms with E-state index in [0.717, 1.165) is 32.5 Å². The van der Waals surface area contributed by atoms with Gasteiger partial charge in [-0.1, -0.05) is 18.2 Å². The molecular formula is C16H21NO2. The van der Waals surface area contributed by atoms with E-state index in [1.165, 1.54) is 36.0 Å². The maximum absolute atomic E-state index is 10.9. The molecule has 0 radical (unpaired) electrons. The van der Waals surface area contributed by atoms with Crippen LogP contribution in [-0.2, 0) is 24.2 Å². The smallest absolute Gasteiger partial charge is 0.306 e. The standard InChI is InChI=1S/C16H21NO2/c18-16(19)14-6-8-17(9-7-14)11-12-4-5-13-2-1-3-15(13)10-12/h4-5,10,14H,1-3,6-9,11H2,(H,18,19). The summed E-state index contributed by atoms with van der Waals surface area (Å²) in [4.78, 5) is 13.3. The lowest BCUT2D eigenvalue weighted by Crippen LogP contribution is -2.35. The van der Waals surface area contributed by atoms with Crippen molar-refractivity contribution in [1.82, 2.24) is 4.90 Å². The Morgan fingerprint density at radius 1 is 1.21 bits per heavy atom. The van der Waals surface area contributed by atoms with E-state index in [0.29, 0.717) is 0 Å². The summed E-state index contributed by atoms with van der Waals surface area (Å²) in [7, 11) is 0. The molecule has 1 N–H and O–H groups in total. The molecule has 0 spiro atoms. The Morgan fingerprint density at radius 2 is 1.95 bits per heavy atom. The van der Waals surface area contributed by atoms with Crippen molar-refractivity contribution < 1.29 is 9.90 Å². The molecule has 19 heavy (non-hydrogen) atoms. The quantitative estimate of drug-likeness (QED) is 0.906. The van der Waals surface area contributed by atoms with Crippen LogP contribution >= 0.6 is 0 Å². The van der Waals surface area contributed by atoms with Crippen molar-refractivity contribution in [2.75, 3.05) is 13.1 Å². The minimum absolute atomic E-state index is 0.128. The Bertz CT molecular complexity index is 476. The Labute approximate surface area is 114 Å². The molecule has 2 aliphatic rings. The van der Waals surface area contributed by atoms with Gasteiger partial charge in [0.05, 0.1) is 5.92 Å². The molecule has 1 aromatic carbocycles. The lowest BCUT2D eigenvalue weighted by atomic mass is 9.96. The highest BCUT2D eigenvalue weighted by molar-refractivity contribution is 5.70. The van der Waals surface area contributed by atoms with Gasteiger partial charge in [-0.3, -0.25) is 9.69 Å². The third kappa shape index (κ3) is 2.81. The lowest BCUT2D eigenvalue weighted by molar-refractivity contribution is -0.143. The summed E-state index contributed by atoms with van der Waals surface area (Å²) in [5.41, 5.74) is 4.43. The van der Waals surface area contributed by atoms with Crippen molar-refractivity contribution >= 4 is 5.97 Å². The zero-order valence-corrected chi connectivity index (χ0v) is 11.3. The van der Waals surface area contributed by atoms with E-state index in [1.807, 2.05) is 0 Å². The Hall–Kier alpha value is -1.35. The van der Waals surface area contributed by atoms with Gasteiger partial charge >= 0.3 is 5.97 Å². The van der Waals surface area contributed by atoms with Gasteiger partial charge < -0.3 is 5.11 Å². The van der Waals surface area contributed by atoms with Crippen LogP contribution in [0.5, 0.6) is 0 Å². The molecule has 0 amide bonds. The molecule has 3 rings (SSSR count). The summed E-state index contributed by atoms with van der Waals surface area (Å²) in [5.74, 6) is -0.756. The maximum Gasteiger partial charge on any atom is 0.306 e. The van der Waals surface area contributed by atoms with Crippen LogP contribution < -0.4 is 0 Å². The minimum atomic E-state index is -0.628. The summed E-state index contributed by atoms with van der Waals surface area (Å²) in [6.45, 7) is 2.79. The van der Waals surface area contributed by atoms with Gasteiger partial charge in [-0.05, 0) is 61.9 Å². The monoisotopic (exact) mass is 259 g/mol. The Morgan fingerprint density at radius 3 is 2.68 bits per heavy atom. The average Bonchev–Trinajstić information content (AvgIpc) is 2.87. The molecular weight excluding hydrogens is 238 g/mol. The summed E-state index contributed by atoms with van der Waals surface area (Å²) in [6.07, 6.45) is 5.34. The highest BCUT2D eigenvalue weighted by Gasteiger charge is 2.24. The van der Waals surface area contributed by atoms with Crippen LogP contribution in [-0.4, -0.2) is 29.1 Å². The van der Waals surface area contributed by atoms with Gasteiger partial charge in [-0.25, -0.2) is 0 Å². The van der Waals surface area contributed by atoms with Crippen LogP contribution in [0.4, 0.5) is 0 Å². The highest BCUT2D eigenvalue weighted by Crippen LogP contribution is 2.24. The zero-order valence-electron chi connectivity index (χ0n) is 11.3. The van der Waals surface area contributed by atoms with Crippen LogP contribution in [0.3, 0.4) is 0 Å². The van der Waals surface area contributed by atoms with Crippen LogP contribution in [0, 0.1) is 5.92 Å². The van der Waals surface area contributed by atoms with Crippen molar-refractivity contribution in [3.8, 4) is 0 Å². The number of carbonyl (C=O) groups is 1. The number of carboxylic acid groups (broad SMARTS) is 1. The fourth-order valence-corrected chi connectivity index (χ4v) is 3.32. The summed E-state index contributed by atoms with van der Waals surface area (Å²) in [5, 5.41) is 9.00. The number of hydrogen-bond acceptors (Lipinski definition) is 2. The fourth-order valence-electron chi connectivity index (χ4n) is 3.32. The number of rotatable bonds is 3. The van der Waals surface area contributed by atoms with E-state index in [9.17, 15) is 4.79 Å². The average molecular weight is 259 g/mol. The molecule has 1 aromatic rings. The largest absolute Gasteiger partial charge is 0.481 e. The van der Waals surface area contributed by atoms with E-state index in [2.05, 4.69) is 23.1 Å². The molecule has 0 saturated carbocycles. The van der Waals surface area contributed by atoms with Crippen molar-refractivity contribution in [2.45, 2.75) is 38.6 Å². The summed E-state index contributed by atoms with van der Waals surface area (Å²) in [6, 6.07) is 6.88. The Balaban J connectivity index is 1.59. The third-order valence-electron chi connectivity index (χ3n) is 4.51. The predicted octanol–water partition coefficient (Wildman–Crippen LogP) is 2.47. The van der Waals surface area contributed by atoms with E-state index in [4.69, 9.17) is 5.11 Å². The number of hydrogen-bond donors (Lipinski definition) is 1. The molecule has 1 saturated heterocycles. The first-order valence-electron chi connectivity index (χ1n) is 7.28. The van der Waals surface area contributed by atoms with Crippen molar-refractivity contribution in [1.29, 1.82) is 0 Å². The van der Waals surface area contributed by atoms with E-state index in [1.54, 1.807) is 0 Å². The van der Waals surface area contributed by atoms with Gasteiger partial charge in [0, 0.05) is 6.54 Å². The number of aryl methyl sites for hydroxylation is 2. The summed E-state index contributed by atoms with van der Waals surface area (Å²) < 4.78 is 0. The second kappa shape index (κ2) is 5.33. The summed E-state index contributed by atoms with van der Waals surface area (Å²) >= 11 is 0. The van der Waals surface area contributed by atoms with Gasteiger partial charge in [-0.15, -0.1) is 0 Å². The lowest BCUT2D eigenvalue weighted by Gasteiger charge is -2.30. The molecule has 1 aliphatic carbocycles. The SMILES string of the molecule is O=C(O)C1CCN(Cc2ccc3c(c2)CCC3)CC1. The van der Waals surface area contributed by atoms with E-state index < -0.39 is 5.97 Å². The second-order valence-electron chi connectivity index (χ2n) is 5.85. The van der Waals surface area contributed by atoms with Crippen molar-refractivity contribution in [3.63, 3.8) is 0 Å². The van der Waals surface area contributed by atoms with Crippen LogP contribution in [0.25, 0.3) is 0 Å². The molecule has 1 fully saturated rings. The highest BCUT2D eigenvalue weighted by atomic mass is 16.4. The van der Waals surface area contributed by atoms with E-state index in [-0.39, 0.29) is 5.92 Å². The number of fused-ring (bicyclic) bond motifs is 1. The molecule has 1 heterocycles. The molecule has 0 unspecified atom stereocenters. The van der Waals surface area contributed by atoms with Gasteiger partial charge in [0.25, 0.3) is 0 Å². The fraction of sp³-hybridized carbons (Fsp3) is 0.562. The van der Waals surface area contributed by atoms with Crippen molar-refractivity contribution in [3.05, 3.63) is 34.9 Å². The first-order chi connectivity index (χ1) is 9.22. The first-order valence-corrected chi connectivity index (χ1v) is 7.28. The molecule has 3 heteroatoms. The Kier molecular flexibility index (Phi) is 3.56. The van der Waals surface area contributed by atoms with Crippen molar-refractivity contribution in [2.24, 2.45) is 5.92 Å². The number of nitrogens with zero attached hydrogens (tertiary/aromatic N) is 1. The van der Waals surface area contributed by atoms with Gasteiger partial charge in [-0.2, -0.15) is 0 Å². The molecule has 3 nitrogen and oxygen atoms in total. The predicted molar refractivity (Wildman–Crippen MR) is 74.1 cm³/mol. The number of benzene rings is 1. The number of aliphatic carboxylic acids is 1. The molecule has 0 atom stereocenters. The van der Waals surface area contributed by atoms with E-state index >= 15 is 0 Å². The number of carboxylic acids is 1. The maximum atomic E-state index is 10.9. The van der Waals surface area contributed by atoms with Crippen LogP contribution in [0.2, 0.25) is 0 Å². The van der Waals surface area contributed by atoms with Crippen LogP contribution in [0.15, 0.2) is 18.2 Å². The van der Waals surface area contributed by atoms with Gasteiger partial charge in [0.15, 0.2) is 0 Å².